The van der Waals surface area contributed by atoms with Crippen molar-refractivity contribution in [2.45, 2.75) is 46.7 Å². The van der Waals surface area contributed by atoms with Gasteiger partial charge in [-0.2, -0.15) is 13.2 Å². The summed E-state index contributed by atoms with van der Waals surface area (Å²) >= 11 is 0. The Morgan fingerprint density at radius 1 is 1.17 bits per heavy atom. The van der Waals surface area contributed by atoms with Crippen molar-refractivity contribution in [3.63, 3.8) is 0 Å². The van der Waals surface area contributed by atoms with Gasteiger partial charge in [-0.15, -0.1) is 0 Å². The summed E-state index contributed by atoms with van der Waals surface area (Å²) in [5.41, 5.74) is 0.738. The lowest BCUT2D eigenvalue weighted by atomic mass is 9.97. The highest BCUT2D eigenvalue weighted by atomic mass is 19.4. The quantitative estimate of drug-likeness (QED) is 0.627. The molecule has 0 aliphatic rings. The predicted molar refractivity (Wildman–Crippen MR) is 106 cm³/mol. The smallest absolute Gasteiger partial charge is 0.361 e. The number of aryl methyl sites for hydroxylation is 2. The molecule has 29 heavy (non-hydrogen) atoms. The molecule has 2 aromatic rings. The summed E-state index contributed by atoms with van der Waals surface area (Å²) in [7, 11) is 0. The molecular weight excluding hydrogens is 383 g/mol. The molecule has 1 amide bonds. The van der Waals surface area contributed by atoms with Crippen molar-refractivity contribution in [3.8, 4) is 0 Å². The van der Waals surface area contributed by atoms with Crippen LogP contribution >= 0.6 is 0 Å². The number of benzene rings is 1. The van der Waals surface area contributed by atoms with Crippen LogP contribution in [0.1, 0.15) is 49.3 Å². The van der Waals surface area contributed by atoms with Gasteiger partial charge in [0.1, 0.15) is 5.76 Å². The first-order chi connectivity index (χ1) is 13.6. The van der Waals surface area contributed by atoms with Gasteiger partial charge >= 0.3 is 6.18 Å². The zero-order chi connectivity index (χ0) is 21.8. The molecule has 1 aromatic carbocycles. The average molecular weight is 411 g/mol. The Balaban J connectivity index is 2.40. The van der Waals surface area contributed by atoms with Crippen LogP contribution in [0.3, 0.4) is 0 Å². The first-order valence-electron chi connectivity index (χ1n) is 9.73. The van der Waals surface area contributed by atoms with Crippen LogP contribution < -0.4 is 4.90 Å². The summed E-state index contributed by atoms with van der Waals surface area (Å²) in [6, 6.07) is 4.90. The van der Waals surface area contributed by atoms with Crippen LogP contribution in [0.25, 0.3) is 0 Å². The van der Waals surface area contributed by atoms with Crippen molar-refractivity contribution >= 4 is 11.6 Å². The molecule has 160 valence electrons. The number of hydrogen-bond acceptors (Lipinski definition) is 4. The molecule has 0 bridgehead atoms. The molecule has 0 saturated carbocycles. The van der Waals surface area contributed by atoms with Crippen LogP contribution in [0.4, 0.5) is 18.9 Å². The van der Waals surface area contributed by atoms with E-state index in [4.69, 9.17) is 4.52 Å². The maximum atomic E-state index is 13.4. The SMILES string of the molecule is CCN(CC)CCN(C(=O)C(C)c1c(C)noc1C)c1cccc(C(F)(F)F)c1. The summed E-state index contributed by atoms with van der Waals surface area (Å²) in [5.74, 6) is -0.338. The Hall–Kier alpha value is -2.35. The van der Waals surface area contributed by atoms with E-state index in [0.29, 0.717) is 23.6 Å². The number of anilines is 1. The van der Waals surface area contributed by atoms with E-state index >= 15 is 0 Å². The van der Waals surface area contributed by atoms with E-state index in [1.54, 1.807) is 20.8 Å². The first-order valence-corrected chi connectivity index (χ1v) is 9.73. The Bertz CT molecular complexity index is 809. The molecule has 0 fully saturated rings. The molecule has 1 aromatic heterocycles. The molecule has 1 unspecified atom stereocenters. The first kappa shape index (κ1) is 22.9. The highest BCUT2D eigenvalue weighted by Gasteiger charge is 2.33. The van der Waals surface area contributed by atoms with Gasteiger partial charge in [0.2, 0.25) is 5.91 Å². The van der Waals surface area contributed by atoms with Crippen LogP contribution in [0.15, 0.2) is 28.8 Å². The Morgan fingerprint density at radius 2 is 1.83 bits per heavy atom. The number of carbonyl (C=O) groups excluding carboxylic acids is 1. The van der Waals surface area contributed by atoms with E-state index in [0.717, 1.165) is 25.2 Å². The summed E-state index contributed by atoms with van der Waals surface area (Å²) in [5, 5.41) is 3.90. The molecule has 2 rings (SSSR count). The van der Waals surface area contributed by atoms with Crippen molar-refractivity contribution in [1.29, 1.82) is 0 Å². The maximum absolute atomic E-state index is 13.4. The normalized spacial score (nSPS) is 13.0. The monoisotopic (exact) mass is 411 g/mol. The topological polar surface area (TPSA) is 49.6 Å². The molecule has 0 radical (unpaired) electrons. The summed E-state index contributed by atoms with van der Waals surface area (Å²) in [6.45, 7) is 11.6. The van der Waals surface area contributed by atoms with E-state index in [1.807, 2.05) is 13.8 Å². The number of halogens is 3. The Kier molecular flexibility index (Phi) is 7.46. The number of hydrogen-bond donors (Lipinski definition) is 0. The van der Waals surface area contributed by atoms with Gasteiger partial charge in [0, 0.05) is 24.3 Å². The predicted octanol–water partition coefficient (Wildman–Crippen LogP) is 4.79. The van der Waals surface area contributed by atoms with Gasteiger partial charge in [-0.1, -0.05) is 25.1 Å². The van der Waals surface area contributed by atoms with Gasteiger partial charge in [0.15, 0.2) is 0 Å². The van der Waals surface area contributed by atoms with Crippen molar-refractivity contribution in [1.82, 2.24) is 10.1 Å². The van der Waals surface area contributed by atoms with Crippen molar-refractivity contribution in [3.05, 3.63) is 46.8 Å². The molecule has 8 heteroatoms. The molecule has 0 aliphatic heterocycles. The second-order valence-corrected chi connectivity index (χ2v) is 7.02. The van der Waals surface area contributed by atoms with E-state index < -0.39 is 17.7 Å². The minimum atomic E-state index is -4.48. The van der Waals surface area contributed by atoms with Gasteiger partial charge in [-0.05, 0) is 52.1 Å². The van der Waals surface area contributed by atoms with E-state index in [1.165, 1.54) is 17.0 Å². The molecule has 0 saturated heterocycles. The molecule has 0 spiro atoms. The number of aromatic nitrogens is 1. The fourth-order valence-corrected chi connectivity index (χ4v) is 3.46. The third-order valence-electron chi connectivity index (χ3n) is 5.18. The minimum absolute atomic E-state index is 0.232. The standard InChI is InChI=1S/C21H28F3N3O2/c1-6-26(7-2)11-12-27(18-10-8-9-17(13-18)21(22,23)24)20(28)14(3)19-15(4)25-29-16(19)5/h8-10,13-14H,6-7,11-12H2,1-5H3. The maximum Gasteiger partial charge on any atom is 0.416 e. The second-order valence-electron chi connectivity index (χ2n) is 7.02. The number of nitrogens with zero attached hydrogens (tertiary/aromatic N) is 3. The van der Waals surface area contributed by atoms with Gasteiger partial charge in [-0.3, -0.25) is 4.79 Å². The summed E-state index contributed by atoms with van der Waals surface area (Å²) in [6.07, 6.45) is -4.48. The van der Waals surface area contributed by atoms with Crippen LogP contribution in [-0.2, 0) is 11.0 Å². The van der Waals surface area contributed by atoms with Gasteiger partial charge in [0.25, 0.3) is 0 Å². The molecular formula is C21H28F3N3O2. The van der Waals surface area contributed by atoms with E-state index in [2.05, 4.69) is 10.1 Å². The van der Waals surface area contributed by atoms with Crippen LogP contribution in [0.2, 0.25) is 0 Å². The Morgan fingerprint density at radius 3 is 2.34 bits per heavy atom. The Labute approximate surface area is 169 Å². The van der Waals surface area contributed by atoms with Gasteiger partial charge in [0.05, 0.1) is 17.2 Å². The summed E-state index contributed by atoms with van der Waals surface area (Å²) in [4.78, 5) is 16.9. The fraction of sp³-hybridized carbons (Fsp3) is 0.524. The molecule has 1 atom stereocenters. The van der Waals surface area contributed by atoms with Gasteiger partial charge in [-0.25, -0.2) is 0 Å². The largest absolute Gasteiger partial charge is 0.416 e. The zero-order valence-electron chi connectivity index (χ0n) is 17.5. The van der Waals surface area contributed by atoms with Crippen molar-refractivity contribution in [2.24, 2.45) is 0 Å². The number of amides is 1. The molecule has 0 aliphatic carbocycles. The molecule has 5 nitrogen and oxygen atoms in total. The van der Waals surface area contributed by atoms with E-state index in [-0.39, 0.29) is 18.1 Å². The third-order valence-corrected chi connectivity index (χ3v) is 5.18. The third kappa shape index (κ3) is 5.38. The number of alkyl halides is 3. The highest BCUT2D eigenvalue weighted by Crippen LogP contribution is 2.33. The zero-order valence-corrected chi connectivity index (χ0v) is 17.5. The molecule has 1 heterocycles. The number of carbonyl (C=O) groups is 1. The summed E-state index contributed by atoms with van der Waals surface area (Å²) < 4.78 is 44.8. The van der Waals surface area contributed by atoms with Crippen LogP contribution in [0, 0.1) is 13.8 Å². The lowest BCUT2D eigenvalue weighted by Crippen LogP contribution is -2.41. The van der Waals surface area contributed by atoms with Crippen molar-refractivity contribution in [2.75, 3.05) is 31.1 Å². The van der Waals surface area contributed by atoms with Crippen molar-refractivity contribution < 1.29 is 22.5 Å². The number of rotatable bonds is 8. The highest BCUT2D eigenvalue weighted by molar-refractivity contribution is 5.98. The lowest BCUT2D eigenvalue weighted by Gasteiger charge is -2.29. The fourth-order valence-electron chi connectivity index (χ4n) is 3.46. The molecule has 0 N–H and O–H groups in total. The minimum Gasteiger partial charge on any atom is -0.361 e. The van der Waals surface area contributed by atoms with Crippen LogP contribution in [0.5, 0.6) is 0 Å². The number of likely N-dealkylation sites (N-methyl/N-ethyl adjacent to an activating group) is 1. The average Bonchev–Trinajstić information content (AvgIpc) is 3.02. The van der Waals surface area contributed by atoms with Crippen LogP contribution in [-0.4, -0.2) is 42.1 Å². The van der Waals surface area contributed by atoms with Gasteiger partial charge < -0.3 is 14.3 Å². The lowest BCUT2D eigenvalue weighted by molar-refractivity contribution is -0.137. The van der Waals surface area contributed by atoms with E-state index in [9.17, 15) is 18.0 Å². The second kappa shape index (κ2) is 9.43.